The van der Waals surface area contributed by atoms with Gasteiger partial charge in [0.05, 0.1) is 34.3 Å². The standard InChI is InChI=1S/C17H18Cl2N6O/c18-14-2-1-12(7-15(14)19)25-4-3-16(22-25)21-17(26)10-23-5-6-24-11-20-8-13(24)9-23/h1-2,7-8,11H,3-6,9-10H2,(H,21,22,26). The number of hydrogen-bond donors (Lipinski definition) is 1. The Hall–Kier alpha value is -2.09. The average molecular weight is 393 g/mol. The van der Waals surface area contributed by atoms with E-state index >= 15 is 0 Å². The average Bonchev–Trinajstić information content (AvgIpc) is 3.26. The molecule has 9 heteroatoms. The topological polar surface area (TPSA) is 65.8 Å². The van der Waals surface area contributed by atoms with Gasteiger partial charge in [-0.2, -0.15) is 5.10 Å². The zero-order valence-corrected chi connectivity index (χ0v) is 15.5. The highest BCUT2D eigenvalue weighted by Crippen LogP contribution is 2.28. The first kappa shape index (κ1) is 17.3. The second-order valence-electron chi connectivity index (χ2n) is 6.36. The van der Waals surface area contributed by atoms with Gasteiger partial charge < -0.3 is 9.88 Å². The third-order valence-corrected chi connectivity index (χ3v) is 5.23. The number of amides is 1. The lowest BCUT2D eigenvalue weighted by Crippen LogP contribution is -2.42. The summed E-state index contributed by atoms with van der Waals surface area (Å²) >= 11 is 12.0. The molecule has 0 fully saturated rings. The van der Waals surface area contributed by atoms with Gasteiger partial charge in [-0.15, -0.1) is 0 Å². The second kappa shape index (κ2) is 7.26. The van der Waals surface area contributed by atoms with Gasteiger partial charge in [0, 0.05) is 38.8 Å². The normalized spacial score (nSPS) is 17.2. The van der Waals surface area contributed by atoms with Crippen molar-refractivity contribution in [1.29, 1.82) is 0 Å². The van der Waals surface area contributed by atoms with Crippen molar-refractivity contribution in [2.75, 3.05) is 24.6 Å². The van der Waals surface area contributed by atoms with Gasteiger partial charge in [0.2, 0.25) is 5.91 Å². The quantitative estimate of drug-likeness (QED) is 0.870. The molecule has 0 saturated heterocycles. The molecule has 7 nitrogen and oxygen atoms in total. The first-order valence-electron chi connectivity index (χ1n) is 8.40. The van der Waals surface area contributed by atoms with Gasteiger partial charge in [-0.3, -0.25) is 14.7 Å². The van der Waals surface area contributed by atoms with E-state index in [1.807, 2.05) is 23.6 Å². The molecule has 0 bridgehead atoms. The number of carbonyl (C=O) groups is 1. The molecule has 0 unspecified atom stereocenters. The predicted molar refractivity (Wildman–Crippen MR) is 102 cm³/mol. The van der Waals surface area contributed by atoms with Crippen molar-refractivity contribution in [2.45, 2.75) is 19.5 Å². The number of nitrogens with one attached hydrogen (secondary N) is 1. The van der Waals surface area contributed by atoms with Gasteiger partial charge in [-0.1, -0.05) is 23.2 Å². The zero-order chi connectivity index (χ0) is 18.1. The molecule has 2 aliphatic heterocycles. The van der Waals surface area contributed by atoms with Gasteiger partial charge in [-0.05, 0) is 18.2 Å². The smallest absolute Gasteiger partial charge is 0.239 e. The molecule has 1 aromatic heterocycles. The van der Waals surface area contributed by atoms with E-state index < -0.39 is 0 Å². The predicted octanol–water partition coefficient (Wildman–Crippen LogP) is 2.35. The molecule has 3 heterocycles. The Morgan fingerprint density at radius 1 is 1.19 bits per heavy atom. The number of halogens is 2. The molecule has 1 N–H and O–H groups in total. The van der Waals surface area contributed by atoms with Crippen LogP contribution in [0.4, 0.5) is 5.69 Å². The molecule has 4 rings (SSSR count). The number of fused-ring (bicyclic) bond motifs is 1. The maximum atomic E-state index is 12.3. The van der Waals surface area contributed by atoms with Crippen LogP contribution in [0.5, 0.6) is 0 Å². The molecule has 1 aromatic carbocycles. The summed E-state index contributed by atoms with van der Waals surface area (Å²) in [4.78, 5) is 18.6. The zero-order valence-electron chi connectivity index (χ0n) is 14.0. The Bertz CT molecular complexity index is 865. The number of imidazole rings is 1. The van der Waals surface area contributed by atoms with Crippen molar-refractivity contribution in [3.63, 3.8) is 0 Å². The minimum atomic E-state index is -0.0484. The Kier molecular flexibility index (Phi) is 4.84. The Labute approximate surface area is 161 Å². The minimum Gasteiger partial charge on any atom is -0.332 e. The molecular weight excluding hydrogens is 375 g/mol. The summed E-state index contributed by atoms with van der Waals surface area (Å²) in [5, 5.41) is 10.2. The van der Waals surface area contributed by atoms with Crippen LogP contribution >= 0.6 is 23.2 Å². The lowest BCUT2D eigenvalue weighted by Gasteiger charge is -2.27. The van der Waals surface area contributed by atoms with E-state index in [9.17, 15) is 4.79 Å². The Morgan fingerprint density at radius 3 is 2.92 bits per heavy atom. The molecule has 0 saturated carbocycles. The Morgan fingerprint density at radius 2 is 2.08 bits per heavy atom. The van der Waals surface area contributed by atoms with Gasteiger partial charge in [0.1, 0.15) is 5.84 Å². The molecule has 1 amide bonds. The molecule has 2 aliphatic rings. The minimum absolute atomic E-state index is 0.0484. The van der Waals surface area contributed by atoms with Crippen LogP contribution in [0.2, 0.25) is 10.0 Å². The number of hydrogen-bond acceptors (Lipinski definition) is 5. The van der Waals surface area contributed by atoms with Crippen molar-refractivity contribution in [3.05, 3.63) is 46.5 Å². The number of hydrazone groups is 1. The summed E-state index contributed by atoms with van der Waals surface area (Å²) in [6.45, 7) is 3.45. The van der Waals surface area contributed by atoms with E-state index in [0.29, 0.717) is 35.4 Å². The van der Waals surface area contributed by atoms with Gasteiger partial charge in [0.15, 0.2) is 0 Å². The molecule has 26 heavy (non-hydrogen) atoms. The highest BCUT2D eigenvalue weighted by molar-refractivity contribution is 6.42. The van der Waals surface area contributed by atoms with Crippen LogP contribution in [0.3, 0.4) is 0 Å². The van der Waals surface area contributed by atoms with Crippen LogP contribution in [0.15, 0.2) is 35.8 Å². The highest BCUT2D eigenvalue weighted by atomic mass is 35.5. The van der Waals surface area contributed by atoms with Crippen LogP contribution < -0.4 is 10.3 Å². The number of aromatic nitrogens is 2. The first-order valence-corrected chi connectivity index (χ1v) is 9.15. The maximum Gasteiger partial charge on any atom is 0.239 e. The summed E-state index contributed by atoms with van der Waals surface area (Å²) < 4.78 is 2.12. The van der Waals surface area contributed by atoms with E-state index in [-0.39, 0.29) is 5.91 Å². The molecule has 2 aromatic rings. The van der Waals surface area contributed by atoms with Crippen molar-refractivity contribution >= 4 is 40.6 Å². The lowest BCUT2D eigenvalue weighted by atomic mass is 10.3. The van der Waals surface area contributed by atoms with Gasteiger partial charge >= 0.3 is 0 Å². The van der Waals surface area contributed by atoms with Crippen molar-refractivity contribution in [1.82, 2.24) is 19.8 Å². The summed E-state index contributed by atoms with van der Waals surface area (Å²) in [5.41, 5.74) is 1.99. The number of carbonyl (C=O) groups excluding carboxylic acids is 1. The van der Waals surface area contributed by atoms with E-state index in [0.717, 1.165) is 31.0 Å². The SMILES string of the molecule is O=C(CN1CCn2cncc2C1)NC1=NN(c2ccc(Cl)c(Cl)c2)CC1. The fourth-order valence-electron chi connectivity index (χ4n) is 3.15. The van der Waals surface area contributed by atoms with Crippen LogP contribution in [-0.2, 0) is 17.9 Å². The van der Waals surface area contributed by atoms with Gasteiger partial charge in [0.25, 0.3) is 0 Å². The van der Waals surface area contributed by atoms with Crippen molar-refractivity contribution < 1.29 is 4.79 Å². The monoisotopic (exact) mass is 392 g/mol. The highest BCUT2D eigenvalue weighted by Gasteiger charge is 2.21. The summed E-state index contributed by atoms with van der Waals surface area (Å²) in [6, 6.07) is 5.38. The van der Waals surface area contributed by atoms with Crippen LogP contribution in [0.25, 0.3) is 0 Å². The molecule has 0 aliphatic carbocycles. The van der Waals surface area contributed by atoms with Crippen LogP contribution in [-0.4, -0.2) is 45.8 Å². The number of anilines is 1. The molecular formula is C17H18Cl2N6O. The first-order chi connectivity index (χ1) is 12.6. The van der Waals surface area contributed by atoms with E-state index in [2.05, 4.69) is 24.9 Å². The third-order valence-electron chi connectivity index (χ3n) is 4.50. The van der Waals surface area contributed by atoms with E-state index in [4.69, 9.17) is 23.2 Å². The van der Waals surface area contributed by atoms with Crippen LogP contribution in [0.1, 0.15) is 12.1 Å². The lowest BCUT2D eigenvalue weighted by molar-refractivity contribution is -0.121. The van der Waals surface area contributed by atoms with Crippen molar-refractivity contribution in [2.24, 2.45) is 5.10 Å². The van der Waals surface area contributed by atoms with Gasteiger partial charge in [-0.25, -0.2) is 4.98 Å². The molecule has 136 valence electrons. The Balaban J connectivity index is 1.34. The van der Waals surface area contributed by atoms with E-state index in [1.54, 1.807) is 12.1 Å². The summed E-state index contributed by atoms with van der Waals surface area (Å²) in [6.07, 6.45) is 4.36. The second-order valence-corrected chi connectivity index (χ2v) is 7.17. The fourth-order valence-corrected chi connectivity index (χ4v) is 3.45. The number of benzene rings is 1. The summed E-state index contributed by atoms with van der Waals surface area (Å²) in [7, 11) is 0. The fraction of sp³-hybridized carbons (Fsp3) is 0.353. The van der Waals surface area contributed by atoms with Crippen molar-refractivity contribution in [3.8, 4) is 0 Å². The van der Waals surface area contributed by atoms with E-state index in [1.165, 1.54) is 0 Å². The number of nitrogens with zero attached hydrogens (tertiary/aromatic N) is 5. The maximum absolute atomic E-state index is 12.3. The summed E-state index contributed by atoms with van der Waals surface area (Å²) in [5.74, 6) is 0.621. The molecule has 0 radical (unpaired) electrons. The van der Waals surface area contributed by atoms with Crippen LogP contribution in [0, 0.1) is 0 Å². The largest absolute Gasteiger partial charge is 0.332 e. The number of amidine groups is 1. The number of rotatable bonds is 3. The molecule has 0 atom stereocenters. The molecule has 0 spiro atoms. The third kappa shape index (κ3) is 3.70.